The summed E-state index contributed by atoms with van der Waals surface area (Å²) in [5.74, 6) is 0.518. The molecule has 204 valence electrons. The van der Waals surface area contributed by atoms with Crippen molar-refractivity contribution in [3.63, 3.8) is 0 Å². The van der Waals surface area contributed by atoms with Crippen molar-refractivity contribution in [1.29, 1.82) is 0 Å². The van der Waals surface area contributed by atoms with Crippen molar-refractivity contribution in [2.24, 2.45) is 11.3 Å². The van der Waals surface area contributed by atoms with Crippen molar-refractivity contribution < 1.29 is 49.0 Å². The Morgan fingerprint density at radius 2 is 1.27 bits per heavy atom. The van der Waals surface area contributed by atoms with E-state index in [0.29, 0.717) is 11.3 Å². The van der Waals surface area contributed by atoms with E-state index in [0.717, 1.165) is 6.42 Å². The number of fused-ring (bicyclic) bond motifs is 3. The maximum Gasteiger partial charge on any atom is -0.0253 e. The molecule has 3 heteroatoms. The van der Waals surface area contributed by atoms with Gasteiger partial charge >= 0.3 is 99.2 Å². The summed E-state index contributed by atoms with van der Waals surface area (Å²) in [6.07, 6.45) is 6.76. The Morgan fingerprint density at radius 3 is 1.77 bits per heavy atom. The molecule has 0 saturated carbocycles. The Kier molecular flexibility index (Phi) is 13.2. The number of rotatable bonds is 2. The molecule has 0 N–H and O–H groups in total. The molecule has 1 unspecified atom stereocenters. The third kappa shape index (κ3) is 8.84. The molecule has 0 heterocycles. The van der Waals surface area contributed by atoms with E-state index in [2.05, 4.69) is 150 Å². The monoisotopic (exact) mass is 640 g/mol. The molecule has 4 aromatic rings. The van der Waals surface area contributed by atoms with E-state index in [1.54, 1.807) is 0 Å². The zero-order valence-electron chi connectivity index (χ0n) is 23.9. The van der Waals surface area contributed by atoms with Gasteiger partial charge in [-0.15, -0.1) is 5.56 Å². The third-order valence-corrected chi connectivity index (χ3v) is 8.23. The zero-order chi connectivity index (χ0) is 27.1. The summed E-state index contributed by atoms with van der Waals surface area (Å²) in [7, 11) is 0. The maximum atomic E-state index is 3.40. The predicted molar refractivity (Wildman–Crippen MR) is 159 cm³/mol. The summed E-state index contributed by atoms with van der Waals surface area (Å²) in [5.41, 5.74) is 11.3. The minimum Gasteiger partial charge on any atom is -0.179 e. The number of allylic oxidation sites excluding steroid dienone is 4. The van der Waals surface area contributed by atoms with Crippen LogP contribution in [0.1, 0.15) is 56.9 Å². The third-order valence-electron chi connectivity index (χ3n) is 6.81. The van der Waals surface area contributed by atoms with E-state index in [4.69, 9.17) is 0 Å². The van der Waals surface area contributed by atoms with Crippen molar-refractivity contribution in [1.82, 2.24) is 0 Å². The maximum absolute atomic E-state index is 3.40. The second-order valence-electron chi connectivity index (χ2n) is 10.9. The first-order valence-electron chi connectivity index (χ1n) is 13.3. The van der Waals surface area contributed by atoms with Gasteiger partial charge < -0.3 is 24.8 Å². The molecule has 0 aliphatic heterocycles. The summed E-state index contributed by atoms with van der Waals surface area (Å²) >= 11 is 1.46. The molecule has 2 aliphatic carbocycles. The normalized spacial score (nSPS) is 14.3. The number of halogens is 2. The number of benzene rings is 4. The van der Waals surface area contributed by atoms with Gasteiger partial charge in [-0.25, -0.2) is 5.57 Å². The van der Waals surface area contributed by atoms with E-state index in [-0.39, 0.29) is 24.8 Å². The average molecular weight is 643 g/mol. The standard InChI is InChI=1S/C13H9.C13H10.C11H17.2ClH.Zr/c1-3-7-12-10(5-1)9-11-6-2-4-8-13(11)12;1-3-7-12(8-4-1)11-13-9-5-2-6-10-13;1-8-6-9(2)10(7-8)11(3,4)5;;;/h1-5,7-8H,9H2;1-10H;7-8H,1-5H3;2*1H;/q-1;;-1;;;+2/p-2. The van der Waals surface area contributed by atoms with Crippen LogP contribution in [0.15, 0.2) is 120 Å². The van der Waals surface area contributed by atoms with Crippen LogP contribution >= 0.6 is 0 Å². The van der Waals surface area contributed by atoms with Crippen LogP contribution in [-0.2, 0) is 30.7 Å². The molecule has 0 fully saturated rings. The van der Waals surface area contributed by atoms with Crippen LogP contribution in [-0.4, -0.2) is 3.21 Å². The Labute approximate surface area is 268 Å². The molecule has 2 aliphatic rings. The van der Waals surface area contributed by atoms with Crippen molar-refractivity contribution >= 4 is 3.21 Å². The number of hydrogen-bond acceptors (Lipinski definition) is 0. The molecule has 0 bridgehead atoms. The molecule has 4 aromatic carbocycles. The first kappa shape index (κ1) is 33.9. The molecule has 40 heavy (non-hydrogen) atoms. The van der Waals surface area contributed by atoms with Crippen molar-refractivity contribution in [2.45, 2.75) is 41.0 Å². The van der Waals surface area contributed by atoms with Crippen LogP contribution in [0, 0.1) is 23.5 Å². The second-order valence-corrected chi connectivity index (χ2v) is 12.1. The zero-order valence-corrected chi connectivity index (χ0v) is 27.9. The van der Waals surface area contributed by atoms with Gasteiger partial charge in [0.2, 0.25) is 0 Å². The summed E-state index contributed by atoms with van der Waals surface area (Å²) in [5, 5.41) is 0. The minimum atomic E-state index is 0. The van der Waals surface area contributed by atoms with Gasteiger partial charge in [0.15, 0.2) is 0 Å². The smallest absolute Gasteiger partial charge is 0.0253 e. The van der Waals surface area contributed by atoms with Crippen LogP contribution in [0.4, 0.5) is 0 Å². The van der Waals surface area contributed by atoms with Gasteiger partial charge in [0.1, 0.15) is 0 Å². The summed E-state index contributed by atoms with van der Waals surface area (Å²) < 4.78 is 1.42. The molecule has 0 aromatic heterocycles. The fraction of sp³-hybridized carbons (Fsp3) is 0.216. The molecule has 0 radical (unpaired) electrons. The van der Waals surface area contributed by atoms with Gasteiger partial charge in [-0.1, -0.05) is 81.3 Å². The Bertz CT molecular complexity index is 1360. The van der Waals surface area contributed by atoms with Crippen molar-refractivity contribution in [3.8, 4) is 11.1 Å². The van der Waals surface area contributed by atoms with Crippen LogP contribution in [0.5, 0.6) is 0 Å². The fourth-order valence-corrected chi connectivity index (χ4v) is 5.84. The van der Waals surface area contributed by atoms with Crippen LogP contribution in [0.3, 0.4) is 0 Å². The van der Waals surface area contributed by atoms with Crippen LogP contribution in [0.25, 0.3) is 11.1 Å². The predicted octanol–water partition coefficient (Wildman–Crippen LogP) is 3.23. The SMILES string of the molecule is CC1=[C-]C(C)C=C1C(C)(C)C.[Cl-].[Cl-].[Zr+2]=[C](c1ccccc1)c1ccccc1.[c-]1cccc2c1Cc1ccccc1-2. The Hall–Kier alpha value is -2.31. The Balaban J connectivity index is 0.000000207. The fourth-order valence-electron chi connectivity index (χ4n) is 5.02. The molecule has 1 atom stereocenters. The van der Waals surface area contributed by atoms with Gasteiger partial charge in [0, 0.05) is 0 Å². The van der Waals surface area contributed by atoms with Crippen LogP contribution in [0.2, 0.25) is 0 Å². The number of hydrogen-bond donors (Lipinski definition) is 0. The van der Waals surface area contributed by atoms with E-state index < -0.39 is 0 Å². The van der Waals surface area contributed by atoms with Gasteiger partial charge in [0.25, 0.3) is 0 Å². The quantitative estimate of drug-likeness (QED) is 0.260. The molecule has 0 nitrogen and oxygen atoms in total. The first-order chi connectivity index (χ1) is 18.2. The van der Waals surface area contributed by atoms with E-state index in [1.807, 2.05) is 6.07 Å². The van der Waals surface area contributed by atoms with Crippen molar-refractivity contribution in [3.05, 3.63) is 155 Å². The molecule has 0 saturated heterocycles. The Morgan fingerprint density at radius 1 is 0.750 bits per heavy atom. The molecular formula is C37H36Cl2Zr-2. The largest absolute Gasteiger partial charge is 0.179 e. The summed E-state index contributed by atoms with van der Waals surface area (Å²) in [6.45, 7) is 11.1. The topological polar surface area (TPSA) is 0 Å². The second kappa shape index (κ2) is 15.6. The van der Waals surface area contributed by atoms with E-state index in [1.165, 1.54) is 72.0 Å². The van der Waals surface area contributed by atoms with Crippen molar-refractivity contribution in [2.75, 3.05) is 0 Å². The van der Waals surface area contributed by atoms with Gasteiger partial charge in [-0.2, -0.15) is 41.5 Å². The van der Waals surface area contributed by atoms with Crippen LogP contribution < -0.4 is 24.8 Å². The molecule has 0 amide bonds. The van der Waals surface area contributed by atoms with Gasteiger partial charge in [-0.05, 0) is 6.42 Å². The molecule has 6 rings (SSSR count). The van der Waals surface area contributed by atoms with E-state index in [9.17, 15) is 0 Å². The van der Waals surface area contributed by atoms with E-state index >= 15 is 0 Å². The summed E-state index contributed by atoms with van der Waals surface area (Å²) in [6, 6.07) is 39.2. The van der Waals surface area contributed by atoms with Gasteiger partial charge in [-0.3, -0.25) is 6.08 Å². The molecular weight excluding hydrogens is 607 g/mol. The average Bonchev–Trinajstić information content (AvgIpc) is 3.49. The minimum absolute atomic E-state index is 0. The first-order valence-corrected chi connectivity index (χ1v) is 14.6. The summed E-state index contributed by atoms with van der Waals surface area (Å²) in [4.78, 5) is 0. The van der Waals surface area contributed by atoms with Gasteiger partial charge in [0.05, 0.1) is 0 Å². The molecule has 0 spiro atoms.